The predicted molar refractivity (Wildman–Crippen MR) is 73.7 cm³/mol. The number of likely N-dealkylation sites (N-methyl/N-ethyl adjacent to an activating group) is 1. The van der Waals surface area contributed by atoms with E-state index in [4.69, 9.17) is 0 Å². The molecule has 0 spiro atoms. The summed E-state index contributed by atoms with van der Waals surface area (Å²) in [6.07, 6.45) is 3.71. The number of nitrogens with one attached hydrogen (secondary N) is 1. The molecule has 19 heavy (non-hydrogen) atoms. The van der Waals surface area contributed by atoms with E-state index in [9.17, 15) is 9.59 Å². The molecule has 1 aliphatic heterocycles. The highest BCUT2D eigenvalue weighted by molar-refractivity contribution is 6.05. The Balaban J connectivity index is 1.78. The summed E-state index contributed by atoms with van der Waals surface area (Å²) in [5, 5.41) is 3.23. The number of amides is 2. The second-order valence-electron chi connectivity index (χ2n) is 5.78. The molecule has 1 heterocycles. The van der Waals surface area contributed by atoms with Crippen molar-refractivity contribution in [1.82, 2.24) is 15.1 Å². The molecule has 0 aromatic rings. The first-order valence-corrected chi connectivity index (χ1v) is 7.34. The van der Waals surface area contributed by atoms with E-state index < -0.39 is 0 Å². The molecule has 2 rings (SSSR count). The zero-order chi connectivity index (χ0) is 14.0. The molecule has 108 valence electrons. The molecule has 2 atom stereocenters. The maximum Gasteiger partial charge on any atom is 0.247 e. The van der Waals surface area contributed by atoms with Crippen LogP contribution in [0.4, 0.5) is 0 Å². The first-order valence-electron chi connectivity index (χ1n) is 7.34. The Morgan fingerprint density at radius 2 is 2.11 bits per heavy atom. The summed E-state index contributed by atoms with van der Waals surface area (Å²) >= 11 is 0. The Morgan fingerprint density at radius 1 is 1.42 bits per heavy atom. The fourth-order valence-corrected chi connectivity index (χ4v) is 2.57. The van der Waals surface area contributed by atoms with Crippen LogP contribution in [0.5, 0.6) is 0 Å². The molecule has 1 saturated carbocycles. The molecule has 0 aromatic carbocycles. The second-order valence-corrected chi connectivity index (χ2v) is 5.78. The summed E-state index contributed by atoms with van der Waals surface area (Å²) in [6, 6.07) is 0.439. The Bertz CT molecular complexity index is 355. The van der Waals surface area contributed by atoms with Crippen LogP contribution in [0.15, 0.2) is 0 Å². The monoisotopic (exact) mass is 267 g/mol. The summed E-state index contributed by atoms with van der Waals surface area (Å²) in [6.45, 7) is 5.63. The van der Waals surface area contributed by atoms with E-state index in [1.807, 2.05) is 13.8 Å². The number of hydrogen-bond acceptors (Lipinski definition) is 4. The third kappa shape index (κ3) is 3.34. The number of hydrogen-bond donors (Lipinski definition) is 1. The Morgan fingerprint density at radius 3 is 2.68 bits per heavy atom. The van der Waals surface area contributed by atoms with Crippen molar-refractivity contribution >= 4 is 11.8 Å². The molecular formula is C14H25N3O2. The highest BCUT2D eigenvalue weighted by Crippen LogP contribution is 2.24. The fraction of sp³-hybridized carbons (Fsp3) is 0.857. The van der Waals surface area contributed by atoms with Crippen molar-refractivity contribution in [3.63, 3.8) is 0 Å². The summed E-state index contributed by atoms with van der Waals surface area (Å²) < 4.78 is 0. The maximum atomic E-state index is 12.2. The van der Waals surface area contributed by atoms with E-state index in [1.165, 1.54) is 17.7 Å². The summed E-state index contributed by atoms with van der Waals surface area (Å²) in [5.41, 5.74) is 0. The minimum absolute atomic E-state index is 0.0148. The summed E-state index contributed by atoms with van der Waals surface area (Å²) in [7, 11) is 2.12. The van der Waals surface area contributed by atoms with E-state index in [0.717, 1.165) is 25.6 Å². The van der Waals surface area contributed by atoms with Crippen molar-refractivity contribution < 1.29 is 9.59 Å². The number of carbonyl (C=O) groups excluding carboxylic acids is 2. The van der Waals surface area contributed by atoms with Gasteiger partial charge in [0.25, 0.3) is 0 Å². The van der Waals surface area contributed by atoms with E-state index in [1.54, 1.807) is 0 Å². The van der Waals surface area contributed by atoms with Gasteiger partial charge in [-0.2, -0.15) is 0 Å². The summed E-state index contributed by atoms with van der Waals surface area (Å²) in [4.78, 5) is 27.8. The van der Waals surface area contributed by atoms with Crippen LogP contribution in [0.3, 0.4) is 0 Å². The molecule has 1 N–H and O–H groups in total. The average Bonchev–Trinajstić information content (AvgIpc) is 3.17. The predicted octanol–water partition coefficient (Wildman–Crippen LogP) is 0.596. The zero-order valence-electron chi connectivity index (χ0n) is 12.2. The van der Waals surface area contributed by atoms with Gasteiger partial charge < -0.3 is 10.2 Å². The summed E-state index contributed by atoms with van der Waals surface area (Å²) in [5.74, 6) is -0.0826. The Kier molecular flexibility index (Phi) is 4.58. The number of imide groups is 1. The van der Waals surface area contributed by atoms with Gasteiger partial charge in [-0.1, -0.05) is 6.92 Å². The lowest BCUT2D eigenvalue weighted by Crippen LogP contribution is -2.44. The molecule has 0 bridgehead atoms. The number of carbonyl (C=O) groups is 2. The first kappa shape index (κ1) is 14.5. The molecule has 2 aliphatic rings. The first-order chi connectivity index (χ1) is 9.04. The van der Waals surface area contributed by atoms with Crippen LogP contribution in [-0.2, 0) is 9.59 Å². The van der Waals surface area contributed by atoms with Crippen LogP contribution in [-0.4, -0.2) is 59.9 Å². The topological polar surface area (TPSA) is 52.7 Å². The van der Waals surface area contributed by atoms with Crippen LogP contribution in [0.2, 0.25) is 0 Å². The van der Waals surface area contributed by atoms with Gasteiger partial charge in [0.1, 0.15) is 0 Å². The van der Waals surface area contributed by atoms with Crippen LogP contribution >= 0.6 is 0 Å². The van der Waals surface area contributed by atoms with Crippen LogP contribution in [0, 0.1) is 0 Å². The SMILES string of the molecule is CCC(C)N1C(=O)CC(NCCN(C)C2CC2)C1=O. The maximum absolute atomic E-state index is 12.2. The molecule has 5 heteroatoms. The quantitative estimate of drug-likeness (QED) is 0.686. The second kappa shape index (κ2) is 6.01. The van der Waals surface area contributed by atoms with Gasteiger partial charge in [-0.05, 0) is 33.2 Å². The highest BCUT2D eigenvalue weighted by Gasteiger charge is 2.40. The molecule has 5 nitrogen and oxygen atoms in total. The minimum atomic E-state index is -0.311. The van der Waals surface area contributed by atoms with Gasteiger partial charge in [0.15, 0.2) is 0 Å². The standard InChI is InChI=1S/C14H25N3O2/c1-4-10(2)17-13(18)9-12(14(17)19)15-7-8-16(3)11-5-6-11/h10-12,15H,4-9H2,1-3H3. The largest absolute Gasteiger partial charge is 0.304 e. The van der Waals surface area contributed by atoms with Crippen LogP contribution in [0.25, 0.3) is 0 Å². The van der Waals surface area contributed by atoms with Crippen molar-refractivity contribution in [2.45, 2.75) is 57.7 Å². The molecule has 2 fully saturated rings. The van der Waals surface area contributed by atoms with E-state index in [2.05, 4.69) is 17.3 Å². The Hall–Kier alpha value is -0.940. The van der Waals surface area contributed by atoms with Gasteiger partial charge in [0.2, 0.25) is 11.8 Å². The molecule has 1 saturated heterocycles. The number of nitrogens with zero attached hydrogens (tertiary/aromatic N) is 2. The lowest BCUT2D eigenvalue weighted by atomic mass is 10.2. The van der Waals surface area contributed by atoms with Crippen LogP contribution in [0.1, 0.15) is 39.5 Å². The van der Waals surface area contributed by atoms with E-state index in [0.29, 0.717) is 6.42 Å². The third-order valence-corrected chi connectivity index (χ3v) is 4.24. The molecule has 1 aliphatic carbocycles. The van der Waals surface area contributed by atoms with E-state index >= 15 is 0 Å². The van der Waals surface area contributed by atoms with Gasteiger partial charge >= 0.3 is 0 Å². The highest BCUT2D eigenvalue weighted by atomic mass is 16.2. The smallest absolute Gasteiger partial charge is 0.247 e. The van der Waals surface area contributed by atoms with E-state index in [-0.39, 0.29) is 23.9 Å². The molecule has 0 aromatic heterocycles. The van der Waals surface area contributed by atoms with Gasteiger partial charge in [0.05, 0.1) is 12.5 Å². The number of rotatable bonds is 7. The molecule has 2 amide bonds. The van der Waals surface area contributed by atoms with Gasteiger partial charge in [-0.15, -0.1) is 0 Å². The van der Waals surface area contributed by atoms with Crippen LogP contribution < -0.4 is 5.32 Å². The molecule has 0 radical (unpaired) electrons. The molecular weight excluding hydrogens is 242 g/mol. The van der Waals surface area contributed by atoms with Crippen molar-refractivity contribution in [2.24, 2.45) is 0 Å². The number of likely N-dealkylation sites (tertiary alicyclic amines) is 1. The Labute approximate surface area is 115 Å². The normalized spacial score (nSPS) is 25.5. The third-order valence-electron chi connectivity index (χ3n) is 4.24. The van der Waals surface area contributed by atoms with Crippen molar-refractivity contribution in [3.8, 4) is 0 Å². The zero-order valence-corrected chi connectivity index (χ0v) is 12.2. The van der Waals surface area contributed by atoms with Crippen molar-refractivity contribution in [3.05, 3.63) is 0 Å². The van der Waals surface area contributed by atoms with Gasteiger partial charge in [0, 0.05) is 25.2 Å². The minimum Gasteiger partial charge on any atom is -0.304 e. The lowest BCUT2D eigenvalue weighted by Gasteiger charge is -2.22. The van der Waals surface area contributed by atoms with Crippen molar-refractivity contribution in [1.29, 1.82) is 0 Å². The lowest BCUT2D eigenvalue weighted by molar-refractivity contribution is -0.141. The van der Waals surface area contributed by atoms with Gasteiger partial charge in [-0.25, -0.2) is 0 Å². The fourth-order valence-electron chi connectivity index (χ4n) is 2.57. The van der Waals surface area contributed by atoms with Crippen molar-refractivity contribution in [2.75, 3.05) is 20.1 Å². The molecule has 2 unspecified atom stereocenters. The van der Waals surface area contributed by atoms with Gasteiger partial charge in [-0.3, -0.25) is 14.5 Å². The average molecular weight is 267 g/mol.